The van der Waals surface area contributed by atoms with Gasteiger partial charge < -0.3 is 15.4 Å². The summed E-state index contributed by atoms with van der Waals surface area (Å²) in [5, 5.41) is 5.17. The maximum Gasteiger partial charge on any atom is 0.338 e. The first kappa shape index (κ1) is 21.0. The molecule has 8 heteroatoms. The number of anilines is 1. The molecule has 8 nitrogen and oxygen atoms in total. The van der Waals surface area contributed by atoms with Gasteiger partial charge in [-0.2, -0.15) is 0 Å². The standard InChI is InChI=1S/C22H23N3O5/c1-3-15-6-10-18(11-7-15)24-20(27)14(2)30-21(28)17-8-4-16(5-9-17)13-25-19(26)12-23-22(25)29/h4-11,14H,3,12-13H2,1-2H3,(H,23,29)(H,24,27). The Bertz CT molecular complexity index is 938. The van der Waals surface area contributed by atoms with Gasteiger partial charge in [0, 0.05) is 5.69 Å². The van der Waals surface area contributed by atoms with Gasteiger partial charge >= 0.3 is 12.0 Å². The smallest absolute Gasteiger partial charge is 0.338 e. The minimum Gasteiger partial charge on any atom is -0.449 e. The number of nitrogens with zero attached hydrogens (tertiary/aromatic N) is 1. The molecule has 30 heavy (non-hydrogen) atoms. The lowest BCUT2D eigenvalue weighted by molar-refractivity contribution is -0.125. The number of aryl methyl sites for hydroxylation is 1. The van der Waals surface area contributed by atoms with Gasteiger partial charge in [-0.15, -0.1) is 0 Å². The Hall–Kier alpha value is -3.68. The third-order valence-electron chi connectivity index (χ3n) is 4.75. The second kappa shape index (κ2) is 9.21. The number of ether oxygens (including phenoxy) is 1. The monoisotopic (exact) mass is 409 g/mol. The second-order valence-corrected chi connectivity index (χ2v) is 6.92. The van der Waals surface area contributed by atoms with E-state index in [4.69, 9.17) is 4.74 Å². The SMILES string of the molecule is CCc1ccc(NC(=O)C(C)OC(=O)c2ccc(CN3C(=O)CNC3=O)cc2)cc1. The Labute approximate surface area is 174 Å². The molecule has 3 rings (SSSR count). The Morgan fingerprint density at radius 3 is 2.27 bits per heavy atom. The van der Waals surface area contributed by atoms with Crippen molar-refractivity contribution in [1.29, 1.82) is 0 Å². The molecule has 0 bridgehead atoms. The highest BCUT2D eigenvalue weighted by Gasteiger charge is 2.28. The maximum absolute atomic E-state index is 12.3. The van der Waals surface area contributed by atoms with Crippen LogP contribution >= 0.6 is 0 Å². The fourth-order valence-corrected chi connectivity index (χ4v) is 2.89. The first-order chi connectivity index (χ1) is 14.4. The number of benzene rings is 2. The van der Waals surface area contributed by atoms with E-state index in [-0.39, 0.29) is 24.6 Å². The quantitative estimate of drug-likeness (QED) is 0.540. The van der Waals surface area contributed by atoms with Crippen molar-refractivity contribution in [3.05, 3.63) is 65.2 Å². The predicted molar refractivity (Wildman–Crippen MR) is 110 cm³/mol. The molecule has 156 valence electrons. The van der Waals surface area contributed by atoms with E-state index < -0.39 is 24.0 Å². The number of carbonyl (C=O) groups excluding carboxylic acids is 4. The molecule has 1 fully saturated rings. The normalized spacial score (nSPS) is 14.3. The van der Waals surface area contributed by atoms with Gasteiger partial charge in [0.2, 0.25) is 5.91 Å². The lowest BCUT2D eigenvalue weighted by Gasteiger charge is -2.15. The summed E-state index contributed by atoms with van der Waals surface area (Å²) in [6, 6.07) is 13.3. The molecule has 1 aliphatic heterocycles. The van der Waals surface area contributed by atoms with Gasteiger partial charge in [-0.3, -0.25) is 14.5 Å². The summed E-state index contributed by atoms with van der Waals surface area (Å²) in [6.45, 7) is 3.66. The highest BCUT2D eigenvalue weighted by atomic mass is 16.5. The molecular weight excluding hydrogens is 386 g/mol. The number of esters is 1. The Kier molecular flexibility index (Phi) is 6.46. The van der Waals surface area contributed by atoms with Gasteiger partial charge in [-0.05, 0) is 48.7 Å². The molecule has 0 spiro atoms. The van der Waals surface area contributed by atoms with E-state index in [1.165, 1.54) is 19.1 Å². The number of amides is 4. The minimum atomic E-state index is -0.978. The van der Waals surface area contributed by atoms with Crippen molar-refractivity contribution in [1.82, 2.24) is 10.2 Å². The summed E-state index contributed by atoms with van der Waals surface area (Å²) < 4.78 is 5.24. The van der Waals surface area contributed by atoms with E-state index in [1.54, 1.807) is 24.3 Å². The van der Waals surface area contributed by atoms with Crippen LogP contribution in [0.25, 0.3) is 0 Å². The van der Waals surface area contributed by atoms with E-state index in [2.05, 4.69) is 10.6 Å². The van der Waals surface area contributed by atoms with E-state index in [0.29, 0.717) is 11.3 Å². The average Bonchev–Trinajstić information content (AvgIpc) is 3.06. The summed E-state index contributed by atoms with van der Waals surface area (Å²) in [7, 11) is 0. The fraction of sp³-hybridized carbons (Fsp3) is 0.273. The number of carbonyl (C=O) groups is 4. The number of nitrogens with one attached hydrogen (secondary N) is 2. The van der Waals surface area contributed by atoms with Crippen LogP contribution in [0.4, 0.5) is 10.5 Å². The van der Waals surface area contributed by atoms with E-state index in [0.717, 1.165) is 16.9 Å². The van der Waals surface area contributed by atoms with E-state index in [1.807, 2.05) is 19.1 Å². The van der Waals surface area contributed by atoms with Crippen molar-refractivity contribution in [2.75, 3.05) is 11.9 Å². The molecule has 1 atom stereocenters. The molecule has 1 heterocycles. The topological polar surface area (TPSA) is 105 Å². The van der Waals surface area contributed by atoms with Crippen molar-refractivity contribution in [2.45, 2.75) is 32.9 Å². The minimum absolute atomic E-state index is 0.00799. The molecule has 1 saturated heterocycles. The lowest BCUT2D eigenvalue weighted by atomic mass is 10.1. The molecule has 0 aromatic heterocycles. The summed E-state index contributed by atoms with van der Waals surface area (Å²) in [6.07, 6.45) is -0.0725. The number of rotatable bonds is 7. The van der Waals surface area contributed by atoms with Crippen molar-refractivity contribution in [2.24, 2.45) is 0 Å². The summed E-state index contributed by atoms with van der Waals surface area (Å²) >= 11 is 0. The fourth-order valence-electron chi connectivity index (χ4n) is 2.89. The van der Waals surface area contributed by atoms with Gasteiger partial charge in [0.05, 0.1) is 18.7 Å². The van der Waals surface area contributed by atoms with Gasteiger partial charge in [0.15, 0.2) is 6.10 Å². The molecule has 0 aliphatic carbocycles. The zero-order valence-electron chi connectivity index (χ0n) is 16.8. The highest BCUT2D eigenvalue weighted by molar-refractivity contribution is 6.02. The number of hydrogen-bond acceptors (Lipinski definition) is 5. The largest absolute Gasteiger partial charge is 0.449 e. The molecule has 1 aliphatic rings. The van der Waals surface area contributed by atoms with Crippen LogP contribution < -0.4 is 10.6 Å². The van der Waals surface area contributed by atoms with E-state index in [9.17, 15) is 19.2 Å². The van der Waals surface area contributed by atoms with Crippen LogP contribution in [-0.2, 0) is 27.3 Å². The van der Waals surface area contributed by atoms with Crippen molar-refractivity contribution in [3.63, 3.8) is 0 Å². The van der Waals surface area contributed by atoms with Crippen LogP contribution in [0.5, 0.6) is 0 Å². The maximum atomic E-state index is 12.3. The van der Waals surface area contributed by atoms with Gasteiger partial charge in [-0.25, -0.2) is 9.59 Å². The van der Waals surface area contributed by atoms with Crippen LogP contribution in [0.3, 0.4) is 0 Å². The Balaban J connectivity index is 1.54. The van der Waals surface area contributed by atoms with Crippen LogP contribution in [-0.4, -0.2) is 41.4 Å². The van der Waals surface area contributed by atoms with Gasteiger partial charge in [-0.1, -0.05) is 31.2 Å². The molecule has 2 aromatic rings. The van der Waals surface area contributed by atoms with Crippen LogP contribution in [0.1, 0.15) is 35.3 Å². The summed E-state index contributed by atoms with van der Waals surface area (Å²) in [4.78, 5) is 48.9. The third-order valence-corrected chi connectivity index (χ3v) is 4.75. The average molecular weight is 409 g/mol. The number of hydrogen-bond donors (Lipinski definition) is 2. The van der Waals surface area contributed by atoms with Crippen molar-refractivity contribution < 1.29 is 23.9 Å². The second-order valence-electron chi connectivity index (χ2n) is 6.92. The number of urea groups is 1. The molecule has 2 N–H and O–H groups in total. The Morgan fingerprint density at radius 1 is 1.07 bits per heavy atom. The molecule has 4 amide bonds. The Morgan fingerprint density at radius 2 is 1.70 bits per heavy atom. The zero-order valence-corrected chi connectivity index (χ0v) is 16.8. The van der Waals surface area contributed by atoms with E-state index >= 15 is 0 Å². The summed E-state index contributed by atoms with van der Waals surface area (Å²) in [5.41, 5.74) is 2.75. The lowest BCUT2D eigenvalue weighted by Crippen LogP contribution is -2.30. The molecule has 1 unspecified atom stereocenters. The van der Waals surface area contributed by atoms with Gasteiger partial charge in [0.25, 0.3) is 5.91 Å². The van der Waals surface area contributed by atoms with Crippen molar-refractivity contribution >= 4 is 29.5 Å². The molecule has 0 saturated carbocycles. The van der Waals surface area contributed by atoms with Gasteiger partial charge in [0.1, 0.15) is 0 Å². The number of imide groups is 1. The zero-order chi connectivity index (χ0) is 21.7. The third kappa shape index (κ3) is 5.02. The highest BCUT2D eigenvalue weighted by Crippen LogP contribution is 2.13. The molecular formula is C22H23N3O5. The molecule has 2 aromatic carbocycles. The first-order valence-corrected chi connectivity index (χ1v) is 9.65. The van der Waals surface area contributed by atoms with Crippen LogP contribution in [0.15, 0.2) is 48.5 Å². The van der Waals surface area contributed by atoms with Crippen molar-refractivity contribution in [3.8, 4) is 0 Å². The first-order valence-electron chi connectivity index (χ1n) is 9.65. The van der Waals surface area contributed by atoms with Crippen LogP contribution in [0.2, 0.25) is 0 Å². The summed E-state index contributed by atoms with van der Waals surface area (Å²) in [5.74, 6) is -1.36. The van der Waals surface area contributed by atoms with Crippen LogP contribution in [0, 0.1) is 0 Å². The molecule has 0 radical (unpaired) electrons. The predicted octanol–water partition coefficient (Wildman–Crippen LogP) is 2.48.